The van der Waals surface area contributed by atoms with Crippen molar-refractivity contribution in [1.29, 1.82) is 0 Å². The van der Waals surface area contributed by atoms with Gasteiger partial charge >= 0.3 is 0 Å². The maximum atomic E-state index is 6.29. The lowest BCUT2D eigenvalue weighted by atomic mass is 10.1. The van der Waals surface area contributed by atoms with Crippen LogP contribution in [0.3, 0.4) is 0 Å². The average Bonchev–Trinajstić information content (AvgIpc) is 2.81. The number of hydrogen-bond donors (Lipinski definition) is 0. The van der Waals surface area contributed by atoms with E-state index in [0.29, 0.717) is 4.83 Å². The Morgan fingerprint density at radius 3 is 2.79 bits per heavy atom. The molecule has 2 aliphatic rings. The topological polar surface area (TPSA) is 18.5 Å². The van der Waals surface area contributed by atoms with Crippen LogP contribution in [-0.2, 0) is 9.47 Å². The van der Waals surface area contributed by atoms with Crippen molar-refractivity contribution in [1.82, 2.24) is 0 Å². The standard InChI is InChI=1S/C15H20Br2O2/c1-2-13-12(17)7-3-4-8-14-15(19-13)10-11(18-14)6-5-9-16/h3-4,6,9,11-15H,2,7-8,10H2,1H3/b4-3-/t5?,11-,12?,13-,14-,15-/m1/s1. The summed E-state index contributed by atoms with van der Waals surface area (Å²) in [6.07, 6.45) is 11.0. The van der Waals surface area contributed by atoms with Crippen molar-refractivity contribution in [3.63, 3.8) is 0 Å². The van der Waals surface area contributed by atoms with Gasteiger partial charge in [-0.05, 0) is 25.3 Å². The monoisotopic (exact) mass is 390 g/mol. The Morgan fingerprint density at radius 2 is 2.05 bits per heavy atom. The molecule has 2 heterocycles. The largest absolute Gasteiger partial charge is 0.371 e. The molecule has 0 radical (unpaired) electrons. The van der Waals surface area contributed by atoms with Crippen LogP contribution in [0.4, 0.5) is 0 Å². The lowest BCUT2D eigenvalue weighted by molar-refractivity contribution is -0.0522. The zero-order valence-electron chi connectivity index (χ0n) is 11.1. The minimum absolute atomic E-state index is 0.114. The first-order valence-electron chi connectivity index (χ1n) is 6.85. The third-order valence-electron chi connectivity index (χ3n) is 3.63. The molecule has 0 N–H and O–H groups in total. The van der Waals surface area contributed by atoms with Gasteiger partial charge in [-0.25, -0.2) is 0 Å². The van der Waals surface area contributed by atoms with Crippen LogP contribution >= 0.6 is 31.9 Å². The molecule has 106 valence electrons. The van der Waals surface area contributed by atoms with E-state index in [-0.39, 0.29) is 24.4 Å². The molecule has 0 aliphatic carbocycles. The summed E-state index contributed by atoms with van der Waals surface area (Å²) in [6.45, 7) is 2.18. The van der Waals surface area contributed by atoms with Crippen molar-refractivity contribution >= 4 is 31.9 Å². The number of halogens is 2. The fraction of sp³-hybridized carbons (Fsp3) is 0.667. The van der Waals surface area contributed by atoms with Crippen molar-refractivity contribution in [2.24, 2.45) is 0 Å². The smallest absolute Gasteiger partial charge is 0.0880 e. The van der Waals surface area contributed by atoms with Gasteiger partial charge in [0, 0.05) is 16.2 Å². The lowest BCUT2D eigenvalue weighted by Gasteiger charge is -2.26. The normalized spacial score (nSPS) is 40.3. The first kappa shape index (κ1) is 15.5. The molecule has 4 heteroatoms. The van der Waals surface area contributed by atoms with Crippen LogP contribution < -0.4 is 0 Å². The van der Waals surface area contributed by atoms with Crippen molar-refractivity contribution in [3.05, 3.63) is 28.9 Å². The second-order valence-corrected chi connectivity index (χ2v) is 6.61. The third kappa shape index (κ3) is 4.30. The van der Waals surface area contributed by atoms with E-state index in [1.165, 1.54) is 0 Å². The van der Waals surface area contributed by atoms with Gasteiger partial charge < -0.3 is 9.47 Å². The van der Waals surface area contributed by atoms with Gasteiger partial charge in [-0.3, -0.25) is 0 Å². The summed E-state index contributed by atoms with van der Waals surface area (Å²) in [5.74, 6) is 0. The fourth-order valence-electron chi connectivity index (χ4n) is 2.62. The van der Waals surface area contributed by atoms with Crippen LogP contribution in [0.15, 0.2) is 28.9 Å². The number of ether oxygens (including phenoxy) is 2. The van der Waals surface area contributed by atoms with Gasteiger partial charge in [-0.15, -0.1) is 5.73 Å². The zero-order chi connectivity index (χ0) is 13.7. The summed E-state index contributed by atoms with van der Waals surface area (Å²) in [5, 5.41) is 0. The summed E-state index contributed by atoms with van der Waals surface area (Å²) >= 11 is 6.97. The predicted octanol–water partition coefficient (Wildman–Crippen LogP) is 4.48. The molecule has 0 bridgehead atoms. The minimum atomic E-state index is 0.114. The van der Waals surface area contributed by atoms with Crippen LogP contribution in [0.25, 0.3) is 0 Å². The Kier molecular flexibility index (Phi) is 6.37. The molecule has 0 saturated carbocycles. The van der Waals surface area contributed by atoms with Crippen LogP contribution in [-0.4, -0.2) is 29.2 Å². The van der Waals surface area contributed by atoms with Crippen molar-refractivity contribution in [3.8, 4) is 0 Å². The summed E-state index contributed by atoms with van der Waals surface area (Å²) in [7, 11) is 0. The first-order chi connectivity index (χ1) is 9.24. The molecular formula is C15H20Br2O2. The Balaban J connectivity index is 2.08. The van der Waals surface area contributed by atoms with Gasteiger partial charge in [0.05, 0.1) is 24.4 Å². The minimum Gasteiger partial charge on any atom is -0.371 e. The van der Waals surface area contributed by atoms with Gasteiger partial charge in [0.1, 0.15) is 0 Å². The predicted molar refractivity (Wildman–Crippen MR) is 84.9 cm³/mol. The second-order valence-electron chi connectivity index (χ2n) is 4.97. The van der Waals surface area contributed by atoms with Crippen molar-refractivity contribution in [2.75, 3.05) is 0 Å². The summed E-state index contributed by atoms with van der Waals surface area (Å²) in [6, 6.07) is 0. The maximum absolute atomic E-state index is 6.29. The van der Waals surface area contributed by atoms with E-state index in [0.717, 1.165) is 25.7 Å². The van der Waals surface area contributed by atoms with E-state index >= 15 is 0 Å². The highest BCUT2D eigenvalue weighted by molar-refractivity contribution is 9.11. The number of allylic oxidation sites excluding steroid dienone is 1. The molecule has 2 rings (SSSR count). The third-order valence-corrected chi connectivity index (χ3v) is 4.85. The van der Waals surface area contributed by atoms with E-state index in [1.807, 2.05) is 6.08 Å². The van der Waals surface area contributed by atoms with Gasteiger partial charge in [0.15, 0.2) is 0 Å². The SMILES string of the molecule is CC[C@H]1O[C@@H]2C[C@@H](C=C=CBr)O[C@@H]2C/C=C\CC1Br. The second kappa shape index (κ2) is 7.80. The molecule has 2 aliphatic heterocycles. The van der Waals surface area contributed by atoms with Gasteiger partial charge in [0.25, 0.3) is 0 Å². The highest BCUT2D eigenvalue weighted by atomic mass is 79.9. The van der Waals surface area contributed by atoms with Crippen LogP contribution in [0.1, 0.15) is 32.6 Å². The molecule has 0 aromatic rings. The van der Waals surface area contributed by atoms with E-state index in [9.17, 15) is 0 Å². The highest BCUT2D eigenvalue weighted by Crippen LogP contribution is 2.31. The van der Waals surface area contributed by atoms with Crippen molar-refractivity contribution in [2.45, 2.75) is 61.9 Å². The van der Waals surface area contributed by atoms with Crippen LogP contribution in [0, 0.1) is 0 Å². The van der Waals surface area contributed by atoms with Gasteiger partial charge in [-0.2, -0.15) is 0 Å². The molecular weight excluding hydrogens is 372 g/mol. The van der Waals surface area contributed by atoms with E-state index in [1.54, 1.807) is 4.99 Å². The number of fused-ring (bicyclic) bond motifs is 1. The van der Waals surface area contributed by atoms with Gasteiger partial charge in [0.2, 0.25) is 0 Å². The molecule has 1 saturated heterocycles. The summed E-state index contributed by atoms with van der Waals surface area (Å²) in [4.78, 5) is 2.12. The number of rotatable bonds is 2. The molecule has 2 nitrogen and oxygen atoms in total. The van der Waals surface area contributed by atoms with Crippen LogP contribution in [0.5, 0.6) is 0 Å². The number of alkyl halides is 1. The fourth-order valence-corrected chi connectivity index (χ4v) is 3.49. The summed E-state index contributed by atoms with van der Waals surface area (Å²) in [5.41, 5.74) is 3.04. The molecule has 5 atom stereocenters. The summed E-state index contributed by atoms with van der Waals surface area (Å²) < 4.78 is 12.3. The molecule has 0 aromatic heterocycles. The first-order valence-corrected chi connectivity index (χ1v) is 8.69. The molecule has 1 fully saturated rings. The van der Waals surface area contributed by atoms with E-state index in [4.69, 9.17) is 9.47 Å². The Hall–Kier alpha value is 0.140. The Labute approximate surface area is 132 Å². The lowest BCUT2D eigenvalue weighted by Crippen LogP contribution is -2.32. The average molecular weight is 392 g/mol. The maximum Gasteiger partial charge on any atom is 0.0880 e. The van der Waals surface area contributed by atoms with Crippen LogP contribution in [0.2, 0.25) is 0 Å². The Morgan fingerprint density at radius 1 is 1.26 bits per heavy atom. The molecule has 1 unspecified atom stereocenters. The zero-order valence-corrected chi connectivity index (χ0v) is 14.3. The molecule has 0 aromatic carbocycles. The number of hydrogen-bond acceptors (Lipinski definition) is 2. The molecule has 0 amide bonds. The van der Waals surface area contributed by atoms with E-state index in [2.05, 4.69) is 56.7 Å². The quantitative estimate of drug-likeness (QED) is 0.392. The van der Waals surface area contributed by atoms with E-state index < -0.39 is 0 Å². The van der Waals surface area contributed by atoms with Crippen molar-refractivity contribution < 1.29 is 9.47 Å². The Bertz CT molecular complexity index is 374. The molecule has 19 heavy (non-hydrogen) atoms. The molecule has 0 spiro atoms. The highest BCUT2D eigenvalue weighted by Gasteiger charge is 2.37. The van der Waals surface area contributed by atoms with Gasteiger partial charge in [-0.1, -0.05) is 50.9 Å².